The molecule has 0 aliphatic carbocycles. The molecule has 0 fully saturated rings. The van der Waals surface area contributed by atoms with Crippen molar-refractivity contribution in [3.8, 4) is 0 Å². The molecule has 0 atom stereocenters. The van der Waals surface area contributed by atoms with Crippen molar-refractivity contribution < 1.29 is 12.8 Å². The van der Waals surface area contributed by atoms with E-state index in [1.54, 1.807) is 45.2 Å². The summed E-state index contributed by atoms with van der Waals surface area (Å²) in [6, 6.07) is 9.63. The highest BCUT2D eigenvalue weighted by Crippen LogP contribution is 2.34. The van der Waals surface area contributed by atoms with Gasteiger partial charge in [0.15, 0.2) is 15.7 Å². The van der Waals surface area contributed by atoms with Gasteiger partial charge in [-0.25, -0.2) is 12.8 Å². The van der Waals surface area contributed by atoms with Gasteiger partial charge in [-0.15, -0.1) is 0 Å². The number of sulfone groups is 1. The molecule has 4 aromatic rings. The van der Waals surface area contributed by atoms with Crippen LogP contribution < -0.4 is 5.32 Å². The number of pyridine rings is 1. The Hall–Kier alpha value is -3.00. The molecule has 4 rings (SSSR count). The van der Waals surface area contributed by atoms with E-state index in [4.69, 9.17) is 0 Å². The first-order valence-electron chi connectivity index (χ1n) is 9.68. The topological polar surface area (TPSA) is 87.7 Å². The lowest BCUT2D eigenvalue weighted by Gasteiger charge is -2.22. The molecule has 6 nitrogen and oxygen atoms in total. The van der Waals surface area contributed by atoms with E-state index in [2.05, 4.69) is 20.5 Å². The molecule has 0 amide bonds. The van der Waals surface area contributed by atoms with Crippen LogP contribution in [-0.2, 0) is 16.3 Å². The molecule has 2 N–H and O–H groups in total. The first kappa shape index (κ1) is 20.3. The lowest BCUT2D eigenvalue weighted by molar-refractivity contribution is 0.559. The van der Waals surface area contributed by atoms with E-state index in [9.17, 15) is 12.8 Å². The van der Waals surface area contributed by atoms with Crippen LogP contribution in [0.25, 0.3) is 21.8 Å². The third-order valence-corrected chi connectivity index (χ3v) is 7.75. The van der Waals surface area contributed by atoms with Crippen molar-refractivity contribution >= 4 is 43.1 Å². The van der Waals surface area contributed by atoms with Gasteiger partial charge in [-0.2, -0.15) is 5.10 Å². The number of rotatable bonds is 4. The zero-order chi connectivity index (χ0) is 21.7. The molecule has 30 heavy (non-hydrogen) atoms. The molecule has 0 saturated carbocycles. The van der Waals surface area contributed by atoms with Gasteiger partial charge in [-0.1, -0.05) is 6.92 Å². The monoisotopic (exact) mass is 426 g/mol. The fraction of sp³-hybridized carbons (Fsp3) is 0.273. The summed E-state index contributed by atoms with van der Waals surface area (Å²) in [5, 5.41) is 11.6. The number of fused-ring (bicyclic) bond motifs is 2. The number of aromatic nitrogens is 3. The Morgan fingerprint density at radius 1 is 1.10 bits per heavy atom. The third kappa shape index (κ3) is 3.31. The number of nitrogens with one attached hydrogen (secondary N) is 2. The van der Waals surface area contributed by atoms with Crippen LogP contribution in [0.2, 0.25) is 0 Å². The minimum absolute atomic E-state index is 0.305. The van der Waals surface area contributed by atoms with E-state index in [-0.39, 0.29) is 5.82 Å². The second kappa shape index (κ2) is 7.05. The largest absolute Gasteiger partial charge is 0.338 e. The number of H-pyrrole nitrogens is 1. The SMILES string of the molecule is CCc1cc2nccc(Nc3n[nH]c4ccc(F)cc34)c2cc1S(=O)(=O)C(C)(C)C. The number of anilines is 2. The molecule has 8 heteroatoms. The van der Waals surface area contributed by atoms with E-state index in [1.807, 2.05) is 13.0 Å². The van der Waals surface area contributed by atoms with Crippen molar-refractivity contribution in [2.24, 2.45) is 0 Å². The van der Waals surface area contributed by atoms with Crippen molar-refractivity contribution in [2.45, 2.75) is 43.8 Å². The average molecular weight is 427 g/mol. The summed E-state index contributed by atoms with van der Waals surface area (Å²) >= 11 is 0. The lowest BCUT2D eigenvalue weighted by Crippen LogP contribution is -2.28. The maximum absolute atomic E-state index is 13.7. The number of halogens is 1. The van der Waals surface area contributed by atoms with E-state index >= 15 is 0 Å². The highest BCUT2D eigenvalue weighted by atomic mass is 32.2. The second-order valence-electron chi connectivity index (χ2n) is 8.19. The fourth-order valence-corrected chi connectivity index (χ4v) is 4.87. The fourth-order valence-electron chi connectivity index (χ4n) is 3.39. The minimum Gasteiger partial charge on any atom is -0.338 e. The Morgan fingerprint density at radius 3 is 2.57 bits per heavy atom. The normalized spacial score (nSPS) is 12.6. The molecular formula is C22H23FN4O2S. The zero-order valence-electron chi connectivity index (χ0n) is 17.2. The van der Waals surface area contributed by atoms with Crippen molar-refractivity contribution in [1.29, 1.82) is 0 Å². The first-order chi connectivity index (χ1) is 14.1. The molecule has 0 spiro atoms. The number of nitrogens with zero attached hydrogens (tertiary/aromatic N) is 2. The van der Waals surface area contributed by atoms with Gasteiger partial charge < -0.3 is 5.32 Å². The predicted molar refractivity (Wildman–Crippen MR) is 117 cm³/mol. The molecule has 0 unspecified atom stereocenters. The summed E-state index contributed by atoms with van der Waals surface area (Å²) in [6.07, 6.45) is 2.22. The van der Waals surface area contributed by atoms with Gasteiger partial charge in [0.1, 0.15) is 5.82 Å². The quantitative estimate of drug-likeness (QED) is 0.472. The third-order valence-electron chi connectivity index (χ3n) is 5.18. The van der Waals surface area contributed by atoms with Crippen LogP contribution in [-0.4, -0.2) is 28.3 Å². The van der Waals surface area contributed by atoms with Gasteiger partial charge in [-0.3, -0.25) is 10.1 Å². The average Bonchev–Trinajstić information content (AvgIpc) is 3.08. The predicted octanol–water partition coefficient (Wildman–Crippen LogP) is 5.13. The molecule has 2 aromatic heterocycles. The van der Waals surface area contributed by atoms with Crippen LogP contribution in [0.1, 0.15) is 33.3 Å². The van der Waals surface area contributed by atoms with Gasteiger partial charge in [0.2, 0.25) is 0 Å². The second-order valence-corrected chi connectivity index (χ2v) is 10.9. The minimum atomic E-state index is -3.56. The first-order valence-corrected chi connectivity index (χ1v) is 11.2. The summed E-state index contributed by atoms with van der Waals surface area (Å²) < 4.78 is 39.2. The smallest absolute Gasteiger partial charge is 0.183 e. The standard InChI is InChI=1S/C22H23FN4O2S/c1-5-13-10-19-15(12-20(13)30(28,29)22(2,3)4)17(8-9-24-19)25-21-16-11-14(23)6-7-18(16)26-27-21/h6-12H,5H2,1-4H3,(H2,24,25,26,27). The number of benzene rings is 2. The van der Waals surface area contributed by atoms with Gasteiger partial charge in [-0.05, 0) is 69.2 Å². The zero-order valence-corrected chi connectivity index (χ0v) is 18.1. The van der Waals surface area contributed by atoms with Crippen LogP contribution in [0.15, 0.2) is 47.5 Å². The molecule has 0 aliphatic rings. The molecule has 2 heterocycles. The summed E-state index contributed by atoms with van der Waals surface area (Å²) in [6.45, 7) is 7.01. The number of aromatic amines is 1. The van der Waals surface area contributed by atoms with Crippen LogP contribution in [0.4, 0.5) is 15.9 Å². The summed E-state index contributed by atoms with van der Waals surface area (Å²) in [4.78, 5) is 4.72. The van der Waals surface area contributed by atoms with Crippen molar-refractivity contribution in [3.05, 3.63) is 54.0 Å². The summed E-state index contributed by atoms with van der Waals surface area (Å²) in [5.74, 6) is 0.0921. The Labute approximate surface area is 174 Å². The maximum Gasteiger partial charge on any atom is 0.183 e. The maximum atomic E-state index is 13.7. The van der Waals surface area contributed by atoms with Crippen molar-refractivity contribution in [2.75, 3.05) is 5.32 Å². The van der Waals surface area contributed by atoms with Gasteiger partial charge >= 0.3 is 0 Å². The van der Waals surface area contributed by atoms with Gasteiger partial charge in [0.25, 0.3) is 0 Å². The van der Waals surface area contributed by atoms with Crippen molar-refractivity contribution in [3.63, 3.8) is 0 Å². The van der Waals surface area contributed by atoms with Crippen LogP contribution in [0.3, 0.4) is 0 Å². The Morgan fingerprint density at radius 2 is 1.87 bits per heavy atom. The molecular weight excluding hydrogens is 403 g/mol. The highest BCUT2D eigenvalue weighted by Gasteiger charge is 2.33. The van der Waals surface area contributed by atoms with Crippen LogP contribution in [0.5, 0.6) is 0 Å². The number of hydrogen-bond acceptors (Lipinski definition) is 5. The molecule has 0 aliphatic heterocycles. The number of hydrogen-bond donors (Lipinski definition) is 2. The van der Waals surface area contributed by atoms with E-state index in [1.165, 1.54) is 12.1 Å². The van der Waals surface area contributed by atoms with Crippen molar-refractivity contribution in [1.82, 2.24) is 15.2 Å². The highest BCUT2D eigenvalue weighted by molar-refractivity contribution is 7.92. The van der Waals surface area contributed by atoms with E-state index in [0.29, 0.717) is 44.6 Å². The Balaban J connectivity index is 1.91. The molecule has 0 bridgehead atoms. The van der Waals surface area contributed by atoms with Gasteiger partial charge in [0, 0.05) is 17.0 Å². The number of aryl methyl sites for hydroxylation is 1. The molecule has 0 saturated heterocycles. The summed E-state index contributed by atoms with van der Waals surface area (Å²) in [7, 11) is -3.56. The van der Waals surface area contributed by atoms with Crippen LogP contribution in [0, 0.1) is 5.82 Å². The molecule has 2 aromatic carbocycles. The van der Waals surface area contributed by atoms with Crippen LogP contribution >= 0.6 is 0 Å². The Bertz CT molecular complexity index is 1370. The molecule has 156 valence electrons. The lowest BCUT2D eigenvalue weighted by atomic mass is 10.1. The van der Waals surface area contributed by atoms with E-state index < -0.39 is 14.6 Å². The van der Waals surface area contributed by atoms with E-state index in [0.717, 1.165) is 5.56 Å². The Kier molecular flexibility index (Phi) is 4.77. The van der Waals surface area contributed by atoms with Gasteiger partial charge in [0.05, 0.1) is 26.4 Å². The summed E-state index contributed by atoms with van der Waals surface area (Å²) in [5.41, 5.74) is 2.75. The molecule has 0 radical (unpaired) electrons.